The Kier molecular flexibility index (Phi) is 6.10. The number of alkyl halides is 2. The fraction of sp³-hybridized carbons (Fsp3) is 0.214. The molecule has 0 aliphatic rings. The van der Waals surface area contributed by atoms with Gasteiger partial charge in [-0.2, -0.15) is 8.78 Å². The normalized spacial score (nSPS) is 10.7. The van der Waals surface area contributed by atoms with E-state index in [2.05, 4.69) is 10.3 Å². The number of halogens is 4. The maximum atomic E-state index is 12.6. The SMILES string of the molecule is O=C(CNC(=O)c1ccc(Cl)c(Cl)c1)OCc1nccn1C(F)F. The lowest BCUT2D eigenvalue weighted by Crippen LogP contribution is -2.30. The quantitative estimate of drug-likeness (QED) is 0.785. The minimum Gasteiger partial charge on any atom is -0.456 e. The second-order valence-electron chi connectivity index (χ2n) is 4.50. The first-order valence-electron chi connectivity index (χ1n) is 6.57. The number of rotatable bonds is 6. The summed E-state index contributed by atoms with van der Waals surface area (Å²) in [6.45, 7) is -3.65. The molecule has 24 heavy (non-hydrogen) atoms. The molecule has 1 amide bonds. The van der Waals surface area contributed by atoms with Crippen LogP contribution in [0, 0.1) is 0 Å². The molecule has 6 nitrogen and oxygen atoms in total. The molecule has 0 saturated carbocycles. The summed E-state index contributed by atoms with van der Waals surface area (Å²) >= 11 is 11.5. The molecule has 10 heteroatoms. The molecule has 0 saturated heterocycles. The number of carbonyl (C=O) groups excluding carboxylic acids is 2. The van der Waals surface area contributed by atoms with E-state index in [9.17, 15) is 18.4 Å². The second-order valence-corrected chi connectivity index (χ2v) is 5.32. The predicted octanol–water partition coefficient (Wildman–Crippen LogP) is 3.06. The largest absolute Gasteiger partial charge is 0.456 e. The lowest BCUT2D eigenvalue weighted by atomic mass is 10.2. The summed E-state index contributed by atoms with van der Waals surface area (Å²) < 4.78 is 30.5. The molecule has 1 heterocycles. The van der Waals surface area contributed by atoms with E-state index in [4.69, 9.17) is 27.9 Å². The summed E-state index contributed by atoms with van der Waals surface area (Å²) in [6.07, 6.45) is 2.24. The van der Waals surface area contributed by atoms with E-state index in [-0.39, 0.29) is 16.4 Å². The van der Waals surface area contributed by atoms with Gasteiger partial charge in [-0.3, -0.25) is 14.2 Å². The van der Waals surface area contributed by atoms with Crippen LogP contribution in [0.1, 0.15) is 22.7 Å². The molecule has 2 rings (SSSR count). The number of hydrogen-bond acceptors (Lipinski definition) is 4. The number of benzene rings is 1. The molecule has 128 valence electrons. The Labute approximate surface area is 145 Å². The van der Waals surface area contributed by atoms with Crippen molar-refractivity contribution in [3.8, 4) is 0 Å². The van der Waals surface area contributed by atoms with Gasteiger partial charge in [0.2, 0.25) is 0 Å². The second kappa shape index (κ2) is 8.07. The van der Waals surface area contributed by atoms with Crippen molar-refractivity contribution in [2.45, 2.75) is 13.2 Å². The average molecular weight is 378 g/mol. The molecular weight excluding hydrogens is 367 g/mol. The van der Waals surface area contributed by atoms with Crippen LogP contribution in [0.4, 0.5) is 8.78 Å². The average Bonchev–Trinajstić information content (AvgIpc) is 3.02. The first-order chi connectivity index (χ1) is 11.4. The number of nitrogens with one attached hydrogen (secondary N) is 1. The zero-order valence-electron chi connectivity index (χ0n) is 12.0. The van der Waals surface area contributed by atoms with Gasteiger partial charge >= 0.3 is 12.5 Å². The van der Waals surface area contributed by atoms with Gasteiger partial charge in [0.25, 0.3) is 5.91 Å². The Morgan fingerprint density at radius 3 is 2.71 bits per heavy atom. The monoisotopic (exact) mass is 377 g/mol. The van der Waals surface area contributed by atoms with E-state index < -0.39 is 31.6 Å². The number of ether oxygens (including phenoxy) is 1. The van der Waals surface area contributed by atoms with Gasteiger partial charge in [-0.25, -0.2) is 4.98 Å². The van der Waals surface area contributed by atoms with E-state index in [1.807, 2.05) is 0 Å². The maximum Gasteiger partial charge on any atom is 0.325 e. The van der Waals surface area contributed by atoms with Crippen molar-refractivity contribution in [1.82, 2.24) is 14.9 Å². The standard InChI is InChI=1S/C14H11Cl2F2N3O3/c15-9-2-1-8(5-10(9)16)13(23)20-6-12(22)24-7-11-19-3-4-21(11)14(17)18/h1-5,14H,6-7H2,(H,20,23). The van der Waals surface area contributed by atoms with Crippen LogP contribution in [-0.2, 0) is 16.1 Å². The molecule has 0 spiro atoms. The van der Waals surface area contributed by atoms with Crippen molar-refractivity contribution in [1.29, 1.82) is 0 Å². The molecule has 0 unspecified atom stereocenters. The Morgan fingerprint density at radius 1 is 1.29 bits per heavy atom. The molecule has 2 aromatic rings. The third-order valence-electron chi connectivity index (χ3n) is 2.90. The van der Waals surface area contributed by atoms with Crippen LogP contribution in [0.15, 0.2) is 30.6 Å². The highest BCUT2D eigenvalue weighted by molar-refractivity contribution is 6.42. The Hall–Kier alpha value is -2.19. The molecular formula is C14H11Cl2F2N3O3. The lowest BCUT2D eigenvalue weighted by molar-refractivity contribution is -0.144. The lowest BCUT2D eigenvalue weighted by Gasteiger charge is -2.08. The summed E-state index contributed by atoms with van der Waals surface area (Å²) in [7, 11) is 0. The molecule has 0 radical (unpaired) electrons. The third kappa shape index (κ3) is 4.65. The van der Waals surface area contributed by atoms with Gasteiger partial charge in [0.05, 0.1) is 10.0 Å². The van der Waals surface area contributed by atoms with Crippen LogP contribution in [0.25, 0.3) is 0 Å². The highest BCUT2D eigenvalue weighted by Crippen LogP contribution is 2.22. The van der Waals surface area contributed by atoms with Gasteiger partial charge in [0, 0.05) is 18.0 Å². The molecule has 0 fully saturated rings. The summed E-state index contributed by atoms with van der Waals surface area (Å²) in [6, 6.07) is 4.24. The van der Waals surface area contributed by atoms with Crippen molar-refractivity contribution < 1.29 is 23.1 Å². The highest BCUT2D eigenvalue weighted by Gasteiger charge is 2.14. The van der Waals surface area contributed by atoms with Crippen molar-refractivity contribution >= 4 is 35.1 Å². The molecule has 0 aliphatic heterocycles. The zero-order chi connectivity index (χ0) is 17.7. The van der Waals surface area contributed by atoms with Crippen LogP contribution < -0.4 is 5.32 Å². The van der Waals surface area contributed by atoms with Gasteiger partial charge in [-0.15, -0.1) is 0 Å². The first-order valence-corrected chi connectivity index (χ1v) is 7.33. The van der Waals surface area contributed by atoms with Gasteiger partial charge < -0.3 is 10.1 Å². The first kappa shape index (κ1) is 18.2. The Balaban J connectivity index is 1.83. The van der Waals surface area contributed by atoms with Gasteiger partial charge in [0.1, 0.15) is 13.2 Å². The summed E-state index contributed by atoms with van der Waals surface area (Å²) in [5.41, 5.74) is 0.213. The molecule has 0 atom stereocenters. The topological polar surface area (TPSA) is 73.2 Å². The predicted molar refractivity (Wildman–Crippen MR) is 82.1 cm³/mol. The van der Waals surface area contributed by atoms with Crippen molar-refractivity contribution in [3.05, 3.63) is 52.0 Å². The Bertz CT molecular complexity index is 753. The maximum absolute atomic E-state index is 12.6. The van der Waals surface area contributed by atoms with E-state index in [1.54, 1.807) is 0 Å². The van der Waals surface area contributed by atoms with Crippen LogP contribution in [-0.4, -0.2) is 28.0 Å². The summed E-state index contributed by atoms with van der Waals surface area (Å²) in [5, 5.41) is 2.82. The van der Waals surface area contributed by atoms with E-state index >= 15 is 0 Å². The van der Waals surface area contributed by atoms with Crippen molar-refractivity contribution in [2.24, 2.45) is 0 Å². The summed E-state index contributed by atoms with van der Waals surface area (Å²) in [5.74, 6) is -1.46. The highest BCUT2D eigenvalue weighted by atomic mass is 35.5. The number of carbonyl (C=O) groups is 2. The van der Waals surface area contributed by atoms with E-state index in [0.717, 1.165) is 6.20 Å². The summed E-state index contributed by atoms with van der Waals surface area (Å²) in [4.78, 5) is 27.1. The van der Waals surface area contributed by atoms with Crippen LogP contribution in [0.2, 0.25) is 10.0 Å². The number of amides is 1. The number of hydrogen-bond donors (Lipinski definition) is 1. The fourth-order valence-corrected chi connectivity index (χ4v) is 2.02. The van der Waals surface area contributed by atoms with Crippen molar-refractivity contribution in [2.75, 3.05) is 6.54 Å². The molecule has 1 aromatic heterocycles. The molecule has 0 bridgehead atoms. The zero-order valence-corrected chi connectivity index (χ0v) is 13.5. The minimum absolute atomic E-state index is 0.103. The number of esters is 1. The fourth-order valence-electron chi connectivity index (χ4n) is 1.72. The molecule has 1 N–H and O–H groups in total. The van der Waals surface area contributed by atoms with E-state index in [0.29, 0.717) is 9.59 Å². The van der Waals surface area contributed by atoms with Crippen molar-refractivity contribution in [3.63, 3.8) is 0 Å². The van der Waals surface area contributed by atoms with Crippen LogP contribution in [0.5, 0.6) is 0 Å². The number of nitrogens with zero attached hydrogens (tertiary/aromatic N) is 2. The Morgan fingerprint density at radius 2 is 2.04 bits per heavy atom. The third-order valence-corrected chi connectivity index (χ3v) is 3.64. The minimum atomic E-state index is -2.78. The van der Waals surface area contributed by atoms with Gasteiger partial charge in [-0.1, -0.05) is 23.2 Å². The smallest absolute Gasteiger partial charge is 0.325 e. The number of imidazole rings is 1. The van der Waals surface area contributed by atoms with Gasteiger partial charge in [0.15, 0.2) is 5.82 Å². The van der Waals surface area contributed by atoms with Crippen LogP contribution >= 0.6 is 23.2 Å². The van der Waals surface area contributed by atoms with Gasteiger partial charge in [-0.05, 0) is 18.2 Å². The molecule has 0 aliphatic carbocycles. The van der Waals surface area contributed by atoms with Crippen LogP contribution in [0.3, 0.4) is 0 Å². The van der Waals surface area contributed by atoms with E-state index in [1.165, 1.54) is 24.4 Å². The number of aromatic nitrogens is 2. The molecule has 1 aromatic carbocycles.